The molecule has 0 aliphatic heterocycles. The number of hydrogen-bond donors (Lipinski definition) is 1. The second kappa shape index (κ2) is 10.8. The van der Waals surface area contributed by atoms with Crippen LogP contribution in [0.3, 0.4) is 0 Å². The number of hydrogen-bond acceptors (Lipinski definition) is 2. The van der Waals surface area contributed by atoms with Gasteiger partial charge in [0, 0.05) is 19.3 Å². The molecular weight excluding hydrogens is 222 g/mol. The molecular formula is C16H33NO. The van der Waals surface area contributed by atoms with Gasteiger partial charge in [0.15, 0.2) is 0 Å². The van der Waals surface area contributed by atoms with E-state index in [9.17, 15) is 0 Å². The lowest BCUT2D eigenvalue weighted by molar-refractivity contribution is 0.113. The molecule has 1 aliphatic rings. The van der Waals surface area contributed by atoms with E-state index in [4.69, 9.17) is 4.74 Å². The van der Waals surface area contributed by atoms with Crippen molar-refractivity contribution < 1.29 is 4.74 Å². The summed E-state index contributed by atoms with van der Waals surface area (Å²) >= 11 is 0. The Bertz CT molecular complexity index is 184. The maximum absolute atomic E-state index is 5.77. The van der Waals surface area contributed by atoms with Gasteiger partial charge in [-0.15, -0.1) is 0 Å². The van der Waals surface area contributed by atoms with Crippen molar-refractivity contribution in [3.63, 3.8) is 0 Å². The highest BCUT2D eigenvalue weighted by Gasteiger charge is 2.25. The van der Waals surface area contributed by atoms with Crippen LogP contribution in [0, 0.1) is 5.92 Å². The van der Waals surface area contributed by atoms with Gasteiger partial charge in [-0.1, -0.05) is 46.0 Å². The maximum Gasteiger partial charge on any atom is 0.0469 e. The van der Waals surface area contributed by atoms with Crippen LogP contribution in [0.4, 0.5) is 0 Å². The van der Waals surface area contributed by atoms with Gasteiger partial charge in [0.05, 0.1) is 0 Å². The largest absolute Gasteiger partial charge is 0.381 e. The van der Waals surface area contributed by atoms with Crippen LogP contribution in [0.1, 0.15) is 71.6 Å². The van der Waals surface area contributed by atoms with E-state index in [2.05, 4.69) is 19.2 Å². The highest BCUT2D eigenvalue weighted by Crippen LogP contribution is 2.28. The molecule has 0 radical (unpaired) electrons. The molecule has 2 atom stereocenters. The van der Waals surface area contributed by atoms with Gasteiger partial charge in [0.2, 0.25) is 0 Å². The second-order valence-electron chi connectivity index (χ2n) is 5.67. The lowest BCUT2D eigenvalue weighted by Gasteiger charge is -2.20. The molecule has 0 aromatic heterocycles. The molecule has 1 aliphatic carbocycles. The third-order valence-corrected chi connectivity index (χ3v) is 4.15. The molecule has 1 N–H and O–H groups in total. The Morgan fingerprint density at radius 3 is 2.61 bits per heavy atom. The standard InChI is InChI=1S/C16H33NO/c1-3-5-6-7-8-13-18-14-12-15-10-9-11-16(15)17-4-2/h15-17H,3-14H2,1-2H3. The van der Waals surface area contributed by atoms with Crippen LogP contribution in [0.2, 0.25) is 0 Å². The highest BCUT2D eigenvalue weighted by molar-refractivity contribution is 4.82. The van der Waals surface area contributed by atoms with Gasteiger partial charge in [-0.25, -0.2) is 0 Å². The summed E-state index contributed by atoms with van der Waals surface area (Å²) in [5.41, 5.74) is 0. The van der Waals surface area contributed by atoms with Crippen LogP contribution in [0.5, 0.6) is 0 Å². The van der Waals surface area contributed by atoms with Crippen LogP contribution >= 0.6 is 0 Å². The van der Waals surface area contributed by atoms with E-state index in [1.165, 1.54) is 57.8 Å². The molecule has 1 fully saturated rings. The Morgan fingerprint density at radius 1 is 1.00 bits per heavy atom. The van der Waals surface area contributed by atoms with E-state index >= 15 is 0 Å². The zero-order chi connectivity index (χ0) is 13.1. The van der Waals surface area contributed by atoms with Crippen molar-refractivity contribution in [3.8, 4) is 0 Å². The summed E-state index contributed by atoms with van der Waals surface area (Å²) in [5.74, 6) is 0.866. The zero-order valence-corrected chi connectivity index (χ0v) is 12.5. The summed E-state index contributed by atoms with van der Waals surface area (Å²) in [6, 6.07) is 0.767. The highest BCUT2D eigenvalue weighted by atomic mass is 16.5. The second-order valence-corrected chi connectivity index (χ2v) is 5.67. The predicted molar refractivity (Wildman–Crippen MR) is 79.0 cm³/mol. The molecule has 18 heavy (non-hydrogen) atoms. The summed E-state index contributed by atoms with van der Waals surface area (Å²) in [6.07, 6.45) is 12.1. The van der Waals surface area contributed by atoms with Gasteiger partial charge in [0.1, 0.15) is 0 Å². The normalized spacial score (nSPS) is 23.7. The first-order valence-electron chi connectivity index (χ1n) is 8.19. The minimum Gasteiger partial charge on any atom is -0.381 e. The monoisotopic (exact) mass is 255 g/mol. The number of rotatable bonds is 11. The van der Waals surface area contributed by atoms with Crippen LogP contribution in [0.25, 0.3) is 0 Å². The lowest BCUT2D eigenvalue weighted by Crippen LogP contribution is -2.32. The van der Waals surface area contributed by atoms with Gasteiger partial charge in [-0.3, -0.25) is 0 Å². The lowest BCUT2D eigenvalue weighted by atomic mass is 10.00. The number of nitrogens with one attached hydrogen (secondary N) is 1. The van der Waals surface area contributed by atoms with E-state index in [-0.39, 0.29) is 0 Å². The molecule has 2 unspecified atom stereocenters. The summed E-state index contributed by atoms with van der Waals surface area (Å²) in [4.78, 5) is 0. The third kappa shape index (κ3) is 6.75. The first kappa shape index (κ1) is 16.0. The van der Waals surface area contributed by atoms with E-state index in [0.29, 0.717) is 0 Å². The number of ether oxygens (including phenoxy) is 1. The average molecular weight is 255 g/mol. The van der Waals surface area contributed by atoms with Crippen molar-refractivity contribution in [2.75, 3.05) is 19.8 Å². The summed E-state index contributed by atoms with van der Waals surface area (Å²) in [6.45, 7) is 7.53. The van der Waals surface area contributed by atoms with Gasteiger partial charge in [-0.05, 0) is 38.1 Å². The maximum atomic E-state index is 5.77. The van der Waals surface area contributed by atoms with Crippen molar-refractivity contribution in [1.82, 2.24) is 5.32 Å². The Morgan fingerprint density at radius 2 is 1.83 bits per heavy atom. The van der Waals surface area contributed by atoms with Crippen LogP contribution in [-0.4, -0.2) is 25.8 Å². The molecule has 2 heteroatoms. The summed E-state index contributed by atoms with van der Waals surface area (Å²) < 4.78 is 5.77. The molecule has 2 nitrogen and oxygen atoms in total. The first-order chi connectivity index (χ1) is 8.88. The van der Waals surface area contributed by atoms with Crippen LogP contribution in [0.15, 0.2) is 0 Å². The SMILES string of the molecule is CCCCCCCOCCC1CCCC1NCC. The van der Waals surface area contributed by atoms with Crippen molar-refractivity contribution in [1.29, 1.82) is 0 Å². The van der Waals surface area contributed by atoms with Crippen molar-refractivity contribution in [2.45, 2.75) is 77.7 Å². The minimum atomic E-state index is 0.767. The fourth-order valence-electron chi connectivity index (χ4n) is 3.06. The summed E-state index contributed by atoms with van der Waals surface area (Å²) in [7, 11) is 0. The smallest absolute Gasteiger partial charge is 0.0469 e. The molecule has 0 amide bonds. The van der Waals surface area contributed by atoms with Gasteiger partial charge in [0.25, 0.3) is 0 Å². The Balaban J connectivity index is 1.91. The van der Waals surface area contributed by atoms with Gasteiger partial charge < -0.3 is 10.1 Å². The summed E-state index contributed by atoms with van der Waals surface area (Å²) in [5, 5.41) is 3.61. The fourth-order valence-corrected chi connectivity index (χ4v) is 3.06. The van der Waals surface area contributed by atoms with Crippen molar-refractivity contribution in [3.05, 3.63) is 0 Å². The first-order valence-corrected chi connectivity index (χ1v) is 8.19. The Hall–Kier alpha value is -0.0800. The zero-order valence-electron chi connectivity index (χ0n) is 12.5. The minimum absolute atomic E-state index is 0.767. The third-order valence-electron chi connectivity index (χ3n) is 4.15. The topological polar surface area (TPSA) is 21.3 Å². The van der Waals surface area contributed by atoms with Crippen LogP contribution < -0.4 is 5.32 Å². The van der Waals surface area contributed by atoms with Crippen LogP contribution in [-0.2, 0) is 4.74 Å². The molecule has 1 saturated carbocycles. The van der Waals surface area contributed by atoms with Gasteiger partial charge in [-0.2, -0.15) is 0 Å². The molecule has 0 bridgehead atoms. The fraction of sp³-hybridized carbons (Fsp3) is 1.00. The van der Waals surface area contributed by atoms with Crippen molar-refractivity contribution in [2.24, 2.45) is 5.92 Å². The predicted octanol–water partition coefficient (Wildman–Crippen LogP) is 4.14. The molecule has 0 heterocycles. The van der Waals surface area contributed by atoms with E-state index in [1.807, 2.05) is 0 Å². The molecule has 108 valence electrons. The molecule has 0 aromatic rings. The van der Waals surface area contributed by atoms with E-state index in [0.717, 1.165) is 31.7 Å². The molecule has 0 saturated heterocycles. The quantitative estimate of drug-likeness (QED) is 0.560. The van der Waals surface area contributed by atoms with Crippen molar-refractivity contribution >= 4 is 0 Å². The average Bonchev–Trinajstić information content (AvgIpc) is 2.81. The number of unbranched alkanes of at least 4 members (excludes halogenated alkanes) is 4. The van der Waals surface area contributed by atoms with E-state index < -0.39 is 0 Å². The Kier molecular flexibility index (Phi) is 9.59. The van der Waals surface area contributed by atoms with E-state index in [1.54, 1.807) is 0 Å². The van der Waals surface area contributed by atoms with Gasteiger partial charge >= 0.3 is 0 Å². The molecule has 0 aromatic carbocycles. The Labute approximate surface area is 114 Å². The molecule has 0 spiro atoms. The molecule has 1 rings (SSSR count).